The Kier molecular flexibility index (Phi) is 64.4. The first-order valence-corrected chi connectivity index (χ1v) is 34.6. The first-order valence-electron chi connectivity index (χ1n) is 34.6. The van der Waals surface area contributed by atoms with Crippen molar-refractivity contribution < 1.29 is 24.5 Å². The molecule has 0 aromatic rings. The zero-order valence-electron chi connectivity index (χ0n) is 51.5. The Morgan fingerprint density at radius 1 is 0.368 bits per heavy atom. The molecule has 0 aromatic heterocycles. The largest absolute Gasteiger partial charge is 0.466 e. The molecule has 76 heavy (non-hydrogen) atoms. The first kappa shape index (κ1) is 74.3. The van der Waals surface area contributed by atoms with Crippen LogP contribution in [0.1, 0.15) is 386 Å². The topological polar surface area (TPSA) is 95.9 Å². The van der Waals surface area contributed by atoms with Gasteiger partial charge in [-0.2, -0.15) is 0 Å². The van der Waals surface area contributed by atoms with E-state index in [-0.39, 0.29) is 18.5 Å². The lowest BCUT2D eigenvalue weighted by molar-refractivity contribution is -0.143. The van der Waals surface area contributed by atoms with Gasteiger partial charge in [-0.25, -0.2) is 0 Å². The van der Waals surface area contributed by atoms with Crippen LogP contribution in [0.3, 0.4) is 0 Å². The van der Waals surface area contributed by atoms with Gasteiger partial charge in [-0.05, 0) is 51.4 Å². The molecule has 0 rings (SSSR count). The summed E-state index contributed by atoms with van der Waals surface area (Å²) in [4.78, 5) is 24.5. The van der Waals surface area contributed by atoms with Crippen LogP contribution in [0, 0.1) is 0 Å². The van der Waals surface area contributed by atoms with Gasteiger partial charge in [-0.1, -0.05) is 346 Å². The molecule has 0 spiro atoms. The van der Waals surface area contributed by atoms with E-state index in [4.69, 9.17) is 4.74 Å². The van der Waals surface area contributed by atoms with Crippen LogP contribution in [0.25, 0.3) is 0 Å². The summed E-state index contributed by atoms with van der Waals surface area (Å²) in [6.07, 6.45) is 82.3. The average molecular weight is 1070 g/mol. The van der Waals surface area contributed by atoms with E-state index in [1.54, 1.807) is 0 Å². The van der Waals surface area contributed by atoms with E-state index in [9.17, 15) is 19.8 Å². The van der Waals surface area contributed by atoms with Crippen LogP contribution in [0.15, 0.2) is 24.3 Å². The van der Waals surface area contributed by atoms with Crippen LogP contribution in [0.4, 0.5) is 0 Å². The highest BCUT2D eigenvalue weighted by Crippen LogP contribution is 2.19. The number of ether oxygens (including phenoxy) is 1. The molecule has 0 aliphatic rings. The molecule has 1 amide bonds. The Labute approximate surface area is 475 Å². The first-order chi connectivity index (χ1) is 37.5. The van der Waals surface area contributed by atoms with Crippen molar-refractivity contribution in [2.24, 2.45) is 0 Å². The number of rotatable bonds is 65. The van der Waals surface area contributed by atoms with Crippen molar-refractivity contribution in [1.82, 2.24) is 5.32 Å². The van der Waals surface area contributed by atoms with Crippen molar-refractivity contribution in [3.05, 3.63) is 24.3 Å². The van der Waals surface area contributed by atoms with Gasteiger partial charge in [-0.3, -0.25) is 9.59 Å². The number of aliphatic hydroxyl groups is 2. The fourth-order valence-electron chi connectivity index (χ4n) is 11.0. The maximum absolute atomic E-state index is 12.5. The molecule has 0 aliphatic carbocycles. The minimum Gasteiger partial charge on any atom is -0.466 e. The Hall–Kier alpha value is -1.66. The molecule has 0 saturated heterocycles. The van der Waals surface area contributed by atoms with Crippen molar-refractivity contribution >= 4 is 11.9 Å². The second kappa shape index (κ2) is 65.9. The standard InChI is InChI=1S/C70H135NO5/c1-3-5-7-9-11-13-15-17-35-39-42-46-50-54-58-62-68(73)67(66-72)71-69(74)63-59-55-51-47-43-40-36-33-31-29-27-25-23-21-19-18-20-22-24-26-28-30-32-34-37-41-45-49-53-57-61-65-76-70(75)64-60-56-52-48-44-38-16-14-12-10-8-6-4-2/h8,10,14,16,67-68,72-73H,3-7,9,11-13,15,17-66H2,1-2H3,(H,71,74)/b10-8-,16-14-. The number of amides is 1. The number of nitrogens with one attached hydrogen (secondary N) is 1. The molecule has 0 saturated carbocycles. The van der Waals surface area contributed by atoms with Crippen LogP contribution in [0.5, 0.6) is 0 Å². The van der Waals surface area contributed by atoms with Crippen molar-refractivity contribution in [1.29, 1.82) is 0 Å². The highest BCUT2D eigenvalue weighted by atomic mass is 16.5. The fourth-order valence-corrected chi connectivity index (χ4v) is 11.0. The molecule has 2 atom stereocenters. The SMILES string of the molecule is CCC/C=C\C/C=C\CCCCCCCC(=O)OCCCCCCCCCCCCCCCCCCCCCCCCCCCCCCCCCC(=O)NC(CO)C(O)CCCCCCCCCCCCCCCCC. The molecular weight excluding hydrogens is 935 g/mol. The van der Waals surface area contributed by atoms with Crippen LogP contribution in [-0.4, -0.2) is 47.4 Å². The fraction of sp³-hybridized carbons (Fsp3) is 0.914. The van der Waals surface area contributed by atoms with Gasteiger partial charge in [0.2, 0.25) is 5.91 Å². The second-order valence-corrected chi connectivity index (χ2v) is 23.9. The number of carbonyl (C=O) groups is 2. The van der Waals surface area contributed by atoms with Gasteiger partial charge in [0.05, 0.1) is 25.4 Å². The molecule has 0 bridgehead atoms. The Bertz CT molecular complexity index is 1190. The summed E-state index contributed by atoms with van der Waals surface area (Å²) in [6.45, 7) is 4.92. The summed E-state index contributed by atoms with van der Waals surface area (Å²) < 4.78 is 5.48. The zero-order chi connectivity index (χ0) is 55.0. The van der Waals surface area contributed by atoms with Crippen molar-refractivity contribution in [2.75, 3.05) is 13.2 Å². The third kappa shape index (κ3) is 61.6. The molecule has 6 heteroatoms. The maximum atomic E-state index is 12.5. The van der Waals surface area contributed by atoms with Crippen LogP contribution >= 0.6 is 0 Å². The summed E-state index contributed by atoms with van der Waals surface area (Å²) >= 11 is 0. The average Bonchev–Trinajstić information content (AvgIpc) is 3.42. The molecule has 0 heterocycles. The smallest absolute Gasteiger partial charge is 0.305 e. The minimum absolute atomic E-state index is 0.00571. The van der Waals surface area contributed by atoms with Crippen LogP contribution in [-0.2, 0) is 14.3 Å². The molecular formula is C70H135NO5. The maximum Gasteiger partial charge on any atom is 0.305 e. The number of hydrogen-bond acceptors (Lipinski definition) is 5. The highest BCUT2D eigenvalue weighted by Gasteiger charge is 2.20. The van der Waals surface area contributed by atoms with E-state index in [0.29, 0.717) is 25.9 Å². The summed E-state index contributed by atoms with van der Waals surface area (Å²) in [5.41, 5.74) is 0. The van der Waals surface area contributed by atoms with Crippen molar-refractivity contribution in [2.45, 2.75) is 398 Å². The predicted octanol–water partition coefficient (Wildman–Crippen LogP) is 22.1. The molecule has 2 unspecified atom stereocenters. The van der Waals surface area contributed by atoms with Crippen molar-refractivity contribution in [3.63, 3.8) is 0 Å². The van der Waals surface area contributed by atoms with Gasteiger partial charge in [0.15, 0.2) is 0 Å². The monoisotopic (exact) mass is 1070 g/mol. The molecule has 3 N–H and O–H groups in total. The Morgan fingerprint density at radius 3 is 1.05 bits per heavy atom. The van der Waals surface area contributed by atoms with Gasteiger partial charge in [0.1, 0.15) is 0 Å². The summed E-state index contributed by atoms with van der Waals surface area (Å²) in [5.74, 6) is -0.0222. The number of allylic oxidation sites excluding steroid dienone is 4. The third-order valence-electron chi connectivity index (χ3n) is 16.2. The lowest BCUT2D eigenvalue weighted by Gasteiger charge is -2.22. The quantitative estimate of drug-likeness (QED) is 0.0320. The van der Waals surface area contributed by atoms with E-state index in [1.165, 1.54) is 302 Å². The normalized spacial score (nSPS) is 12.6. The number of esters is 1. The minimum atomic E-state index is -0.661. The second-order valence-electron chi connectivity index (χ2n) is 23.9. The third-order valence-corrected chi connectivity index (χ3v) is 16.2. The van der Waals surface area contributed by atoms with Gasteiger partial charge in [0, 0.05) is 12.8 Å². The zero-order valence-corrected chi connectivity index (χ0v) is 51.5. The Balaban J connectivity index is 3.32. The predicted molar refractivity (Wildman–Crippen MR) is 333 cm³/mol. The van der Waals surface area contributed by atoms with E-state index < -0.39 is 12.1 Å². The number of hydrogen-bond donors (Lipinski definition) is 3. The molecule has 0 fully saturated rings. The van der Waals surface area contributed by atoms with Gasteiger partial charge >= 0.3 is 5.97 Å². The number of aliphatic hydroxyl groups excluding tert-OH is 2. The number of carbonyl (C=O) groups excluding carboxylic acids is 2. The van der Waals surface area contributed by atoms with E-state index in [1.807, 2.05) is 0 Å². The highest BCUT2D eigenvalue weighted by molar-refractivity contribution is 5.76. The van der Waals surface area contributed by atoms with E-state index >= 15 is 0 Å². The van der Waals surface area contributed by atoms with E-state index in [2.05, 4.69) is 43.5 Å². The summed E-state index contributed by atoms with van der Waals surface area (Å²) in [7, 11) is 0. The summed E-state index contributed by atoms with van der Waals surface area (Å²) in [5, 5.41) is 23.3. The Morgan fingerprint density at radius 2 is 0.684 bits per heavy atom. The molecule has 0 radical (unpaired) electrons. The van der Waals surface area contributed by atoms with Crippen LogP contribution in [0.2, 0.25) is 0 Å². The van der Waals surface area contributed by atoms with Gasteiger partial charge < -0.3 is 20.3 Å². The summed E-state index contributed by atoms with van der Waals surface area (Å²) in [6, 6.07) is -0.537. The lowest BCUT2D eigenvalue weighted by atomic mass is 10.0. The van der Waals surface area contributed by atoms with Gasteiger partial charge in [0.25, 0.3) is 0 Å². The van der Waals surface area contributed by atoms with Gasteiger partial charge in [-0.15, -0.1) is 0 Å². The van der Waals surface area contributed by atoms with E-state index in [0.717, 1.165) is 51.4 Å². The molecule has 0 aliphatic heterocycles. The molecule has 0 aromatic carbocycles. The van der Waals surface area contributed by atoms with Crippen molar-refractivity contribution in [3.8, 4) is 0 Å². The lowest BCUT2D eigenvalue weighted by Crippen LogP contribution is -2.45. The number of unbranched alkanes of at least 4 members (excludes halogenated alkanes) is 50. The van der Waals surface area contributed by atoms with Crippen LogP contribution < -0.4 is 5.32 Å². The molecule has 450 valence electrons. The molecule has 6 nitrogen and oxygen atoms in total.